The van der Waals surface area contributed by atoms with Crippen LogP contribution in [0.15, 0.2) is 47.8 Å². The quantitative estimate of drug-likeness (QED) is 0.727. The third kappa shape index (κ3) is 3.23. The molecule has 3 aromatic rings. The van der Waals surface area contributed by atoms with E-state index in [-0.39, 0.29) is 12.2 Å². The van der Waals surface area contributed by atoms with Gasteiger partial charge in [-0.15, -0.1) is 0 Å². The lowest BCUT2D eigenvalue weighted by atomic mass is 10.1. The fraction of sp³-hybridized carbons (Fsp3) is 0.333. The maximum absolute atomic E-state index is 5.80. The summed E-state index contributed by atoms with van der Waals surface area (Å²) in [7, 11) is 0. The van der Waals surface area contributed by atoms with Crippen molar-refractivity contribution in [2.24, 2.45) is 0 Å². The van der Waals surface area contributed by atoms with Gasteiger partial charge in [0.15, 0.2) is 0 Å². The van der Waals surface area contributed by atoms with E-state index in [1.165, 1.54) is 0 Å². The van der Waals surface area contributed by atoms with Crippen molar-refractivity contribution in [3.8, 4) is 22.5 Å². The average Bonchev–Trinajstić information content (AvgIpc) is 3.16. The molecule has 4 heterocycles. The van der Waals surface area contributed by atoms with Gasteiger partial charge in [-0.2, -0.15) is 0 Å². The Morgan fingerprint density at radius 3 is 2.60 bits per heavy atom. The predicted octanol–water partition coefficient (Wildman–Crippen LogP) is 2.81. The molecule has 128 valence electrons. The van der Waals surface area contributed by atoms with Crippen LogP contribution in [0.3, 0.4) is 0 Å². The first-order valence-corrected chi connectivity index (χ1v) is 8.27. The highest BCUT2D eigenvalue weighted by Gasteiger charge is 2.25. The molecule has 0 amide bonds. The predicted molar refractivity (Wildman–Crippen MR) is 93.0 cm³/mol. The SMILES string of the molecule is C[C@@H]1CN(c2ncc(-c3cnccn3)c(-c3ccoc3)n2)C[C@@H](C)O1. The second kappa shape index (κ2) is 6.60. The van der Waals surface area contributed by atoms with Gasteiger partial charge in [0, 0.05) is 42.8 Å². The van der Waals surface area contributed by atoms with Crippen molar-refractivity contribution in [3.05, 3.63) is 43.4 Å². The molecule has 3 aromatic heterocycles. The molecular formula is C18H19N5O2. The Hall–Kier alpha value is -2.80. The minimum absolute atomic E-state index is 0.143. The third-order valence-corrected chi connectivity index (χ3v) is 4.11. The Morgan fingerprint density at radius 1 is 1.08 bits per heavy atom. The number of morpholine rings is 1. The Labute approximate surface area is 145 Å². The summed E-state index contributed by atoms with van der Waals surface area (Å²) in [5.74, 6) is 0.686. The first-order valence-electron chi connectivity index (χ1n) is 8.27. The van der Waals surface area contributed by atoms with Gasteiger partial charge >= 0.3 is 0 Å². The highest BCUT2D eigenvalue weighted by Crippen LogP contribution is 2.30. The lowest BCUT2D eigenvalue weighted by Gasteiger charge is -2.35. The molecule has 1 aliphatic rings. The van der Waals surface area contributed by atoms with Crippen LogP contribution in [0.2, 0.25) is 0 Å². The van der Waals surface area contributed by atoms with E-state index in [2.05, 4.69) is 33.7 Å². The van der Waals surface area contributed by atoms with Crippen LogP contribution in [0.1, 0.15) is 13.8 Å². The molecule has 0 aliphatic carbocycles. The zero-order valence-corrected chi connectivity index (χ0v) is 14.2. The Balaban J connectivity index is 1.78. The van der Waals surface area contributed by atoms with Crippen LogP contribution in [-0.4, -0.2) is 45.2 Å². The fourth-order valence-electron chi connectivity index (χ4n) is 3.11. The van der Waals surface area contributed by atoms with E-state index in [9.17, 15) is 0 Å². The molecule has 0 bridgehead atoms. The zero-order valence-electron chi connectivity index (χ0n) is 14.2. The largest absolute Gasteiger partial charge is 0.472 e. The summed E-state index contributed by atoms with van der Waals surface area (Å²) in [6.45, 7) is 5.65. The van der Waals surface area contributed by atoms with Crippen LogP contribution in [-0.2, 0) is 4.74 Å². The van der Waals surface area contributed by atoms with Gasteiger partial charge in [0.1, 0.15) is 0 Å². The summed E-state index contributed by atoms with van der Waals surface area (Å²) in [4.78, 5) is 20.1. The summed E-state index contributed by atoms with van der Waals surface area (Å²) in [6.07, 6.45) is 10.4. The van der Waals surface area contributed by atoms with Gasteiger partial charge in [-0.1, -0.05) is 0 Å². The summed E-state index contributed by atoms with van der Waals surface area (Å²) in [5, 5.41) is 0. The highest BCUT2D eigenvalue weighted by atomic mass is 16.5. The third-order valence-electron chi connectivity index (χ3n) is 4.11. The van der Waals surface area contributed by atoms with Crippen LogP contribution in [0.4, 0.5) is 5.95 Å². The van der Waals surface area contributed by atoms with E-state index in [0.717, 1.165) is 35.6 Å². The van der Waals surface area contributed by atoms with Crippen molar-refractivity contribution in [3.63, 3.8) is 0 Å². The maximum Gasteiger partial charge on any atom is 0.226 e. The normalized spacial score (nSPS) is 20.6. The number of furan rings is 1. The molecule has 7 heteroatoms. The molecule has 0 saturated carbocycles. The molecule has 0 radical (unpaired) electrons. The van der Waals surface area contributed by atoms with Crippen LogP contribution in [0, 0.1) is 0 Å². The number of ether oxygens (including phenoxy) is 1. The van der Waals surface area contributed by atoms with Gasteiger partial charge in [0.25, 0.3) is 0 Å². The molecule has 0 spiro atoms. The summed E-state index contributed by atoms with van der Waals surface area (Å²) >= 11 is 0. The molecule has 1 saturated heterocycles. The molecule has 1 aliphatic heterocycles. The van der Waals surface area contributed by atoms with Crippen molar-refractivity contribution in [2.45, 2.75) is 26.1 Å². The lowest BCUT2D eigenvalue weighted by molar-refractivity contribution is -0.00571. The second-order valence-corrected chi connectivity index (χ2v) is 6.20. The van der Waals surface area contributed by atoms with Gasteiger partial charge in [-0.3, -0.25) is 9.97 Å². The van der Waals surface area contributed by atoms with Crippen LogP contribution in [0.25, 0.3) is 22.5 Å². The van der Waals surface area contributed by atoms with Crippen molar-refractivity contribution >= 4 is 5.95 Å². The summed E-state index contributed by atoms with van der Waals surface area (Å²) in [5.41, 5.74) is 3.23. The molecule has 0 N–H and O–H groups in total. The molecule has 1 fully saturated rings. The molecule has 4 rings (SSSR count). The molecule has 0 unspecified atom stereocenters. The van der Waals surface area contributed by atoms with E-state index in [1.54, 1.807) is 37.3 Å². The first kappa shape index (κ1) is 15.7. The Morgan fingerprint density at radius 2 is 1.92 bits per heavy atom. The molecule has 0 aromatic carbocycles. The van der Waals surface area contributed by atoms with Crippen molar-refractivity contribution in [2.75, 3.05) is 18.0 Å². The second-order valence-electron chi connectivity index (χ2n) is 6.20. The standard InChI is InChI=1S/C18H19N5O2/c1-12-9-23(10-13(2)25-12)18-21-7-15(16-8-19-4-5-20-16)17(22-18)14-3-6-24-11-14/h3-8,11-13H,9-10H2,1-2H3/t12-,13-/m1/s1. The topological polar surface area (TPSA) is 77.2 Å². The van der Waals surface area contributed by atoms with Gasteiger partial charge in [0.05, 0.1) is 42.3 Å². The molecule has 7 nitrogen and oxygen atoms in total. The number of hydrogen-bond donors (Lipinski definition) is 0. The number of aromatic nitrogens is 4. The van der Waals surface area contributed by atoms with Gasteiger partial charge in [-0.25, -0.2) is 9.97 Å². The smallest absolute Gasteiger partial charge is 0.226 e. The van der Waals surface area contributed by atoms with Gasteiger partial charge in [0.2, 0.25) is 5.95 Å². The van der Waals surface area contributed by atoms with Crippen molar-refractivity contribution < 1.29 is 9.15 Å². The van der Waals surface area contributed by atoms with Gasteiger partial charge in [-0.05, 0) is 19.9 Å². The molecule has 2 atom stereocenters. The first-order chi connectivity index (χ1) is 12.2. The average molecular weight is 337 g/mol. The number of rotatable bonds is 3. The molecule has 25 heavy (non-hydrogen) atoms. The lowest BCUT2D eigenvalue weighted by Crippen LogP contribution is -2.46. The van der Waals surface area contributed by atoms with Crippen LogP contribution >= 0.6 is 0 Å². The monoisotopic (exact) mass is 337 g/mol. The van der Waals surface area contributed by atoms with E-state index in [4.69, 9.17) is 14.1 Å². The van der Waals surface area contributed by atoms with E-state index in [1.807, 2.05) is 6.07 Å². The minimum atomic E-state index is 0.143. The number of anilines is 1. The number of hydrogen-bond acceptors (Lipinski definition) is 7. The van der Waals surface area contributed by atoms with Crippen molar-refractivity contribution in [1.82, 2.24) is 19.9 Å². The summed E-state index contributed by atoms with van der Waals surface area (Å²) < 4.78 is 11.1. The Bertz CT molecular complexity index is 828. The maximum atomic E-state index is 5.80. The van der Waals surface area contributed by atoms with E-state index >= 15 is 0 Å². The summed E-state index contributed by atoms with van der Waals surface area (Å²) in [6, 6.07) is 1.89. The minimum Gasteiger partial charge on any atom is -0.472 e. The van der Waals surface area contributed by atoms with Crippen LogP contribution in [0.5, 0.6) is 0 Å². The van der Waals surface area contributed by atoms with Gasteiger partial charge < -0.3 is 14.1 Å². The molecular weight excluding hydrogens is 318 g/mol. The number of nitrogens with zero attached hydrogens (tertiary/aromatic N) is 5. The van der Waals surface area contributed by atoms with E-state index < -0.39 is 0 Å². The van der Waals surface area contributed by atoms with Crippen molar-refractivity contribution in [1.29, 1.82) is 0 Å². The Kier molecular flexibility index (Phi) is 4.15. The highest BCUT2D eigenvalue weighted by molar-refractivity contribution is 5.78. The zero-order chi connectivity index (χ0) is 17.2. The van der Waals surface area contributed by atoms with E-state index in [0.29, 0.717) is 5.95 Å². The fourth-order valence-corrected chi connectivity index (χ4v) is 3.11. The van der Waals surface area contributed by atoms with Crippen LogP contribution < -0.4 is 4.90 Å².